The number of rotatable bonds is 4. The Hall–Kier alpha value is -0.910. The molecular weight excluding hydrogens is 296 g/mol. The van der Waals surface area contributed by atoms with E-state index in [0.717, 1.165) is 37.8 Å². The molecule has 6 heteroatoms. The van der Waals surface area contributed by atoms with Gasteiger partial charge in [-0.25, -0.2) is 0 Å². The number of nitrogens with one attached hydrogen (secondary N) is 2. The maximum atomic E-state index is 11.7. The van der Waals surface area contributed by atoms with Crippen LogP contribution in [0.4, 0.5) is 0 Å². The third-order valence-corrected chi connectivity index (χ3v) is 6.04. The summed E-state index contributed by atoms with van der Waals surface area (Å²) in [7, 11) is 1.81. The van der Waals surface area contributed by atoms with E-state index in [-0.39, 0.29) is 5.91 Å². The van der Waals surface area contributed by atoms with E-state index in [4.69, 9.17) is 0 Å². The number of nitrogens with zero attached hydrogens (tertiary/aromatic N) is 2. The molecule has 1 aliphatic heterocycles. The Morgan fingerprint density at radius 1 is 1.27 bits per heavy atom. The van der Waals surface area contributed by atoms with Gasteiger partial charge in [0.1, 0.15) is 0 Å². The summed E-state index contributed by atoms with van der Waals surface area (Å²) in [5, 5.41) is 6.12. The van der Waals surface area contributed by atoms with Gasteiger partial charge < -0.3 is 15.5 Å². The highest BCUT2D eigenvalue weighted by atomic mass is 32.2. The number of guanidine groups is 1. The van der Waals surface area contributed by atoms with Crippen molar-refractivity contribution in [3.05, 3.63) is 0 Å². The van der Waals surface area contributed by atoms with Crippen LogP contribution in [-0.2, 0) is 4.79 Å². The Bertz CT molecular complexity index is 388. The smallest absolute Gasteiger partial charge is 0.239 e. The quantitative estimate of drug-likeness (QED) is 0.611. The van der Waals surface area contributed by atoms with Crippen molar-refractivity contribution >= 4 is 23.6 Å². The Morgan fingerprint density at radius 3 is 2.73 bits per heavy atom. The van der Waals surface area contributed by atoms with Gasteiger partial charge in [0.25, 0.3) is 0 Å². The van der Waals surface area contributed by atoms with E-state index in [1.165, 1.54) is 32.1 Å². The largest absolute Gasteiger partial charge is 0.355 e. The molecule has 1 heterocycles. The lowest BCUT2D eigenvalue weighted by Gasteiger charge is -2.45. The lowest BCUT2D eigenvalue weighted by molar-refractivity contribution is -0.120. The van der Waals surface area contributed by atoms with Crippen molar-refractivity contribution in [3.63, 3.8) is 0 Å². The molecule has 0 aromatic rings. The molecule has 1 saturated heterocycles. The Labute approximate surface area is 138 Å². The zero-order valence-corrected chi connectivity index (χ0v) is 14.8. The van der Waals surface area contributed by atoms with E-state index in [0.29, 0.717) is 11.3 Å². The van der Waals surface area contributed by atoms with Crippen LogP contribution in [0.15, 0.2) is 4.99 Å². The van der Waals surface area contributed by atoms with E-state index in [1.807, 2.05) is 7.05 Å². The second kappa shape index (κ2) is 8.65. The third kappa shape index (κ3) is 4.80. The number of carbonyl (C=O) groups excluding carboxylic acids is 1. The van der Waals surface area contributed by atoms with Crippen LogP contribution in [0.2, 0.25) is 0 Å². The Morgan fingerprint density at radius 2 is 2.05 bits per heavy atom. The molecule has 1 saturated carbocycles. The second-order valence-corrected chi connectivity index (χ2v) is 7.83. The number of amides is 1. The van der Waals surface area contributed by atoms with Gasteiger partial charge in [-0.2, -0.15) is 11.8 Å². The summed E-state index contributed by atoms with van der Waals surface area (Å²) < 4.78 is 0.415. The number of hydrogen-bond donors (Lipinski definition) is 2. The summed E-state index contributed by atoms with van der Waals surface area (Å²) in [6, 6.07) is 0. The van der Waals surface area contributed by atoms with Crippen LogP contribution >= 0.6 is 11.8 Å². The number of hydrogen-bond acceptors (Lipinski definition) is 3. The first-order chi connectivity index (χ1) is 10.7. The average Bonchev–Trinajstić information content (AvgIpc) is 2.54. The van der Waals surface area contributed by atoms with E-state index < -0.39 is 0 Å². The molecule has 2 N–H and O–H groups in total. The van der Waals surface area contributed by atoms with Crippen molar-refractivity contribution in [1.82, 2.24) is 15.5 Å². The van der Waals surface area contributed by atoms with Crippen molar-refractivity contribution in [2.24, 2.45) is 4.99 Å². The SMILES string of the molecule is CCCNC(=O)CNC(=NC)N1CCSC2(CCCCC2)C1. The first kappa shape index (κ1) is 17.4. The molecule has 0 aromatic heterocycles. The summed E-state index contributed by atoms with van der Waals surface area (Å²) in [5.41, 5.74) is 0. The van der Waals surface area contributed by atoms with Gasteiger partial charge in [0.05, 0.1) is 6.54 Å². The van der Waals surface area contributed by atoms with Crippen LogP contribution < -0.4 is 10.6 Å². The lowest BCUT2D eigenvalue weighted by atomic mass is 9.87. The molecule has 1 aliphatic carbocycles. The Kier molecular flexibility index (Phi) is 6.86. The van der Waals surface area contributed by atoms with Crippen LogP contribution in [0.1, 0.15) is 45.4 Å². The van der Waals surface area contributed by atoms with Gasteiger partial charge in [0.2, 0.25) is 5.91 Å². The van der Waals surface area contributed by atoms with Crippen molar-refractivity contribution < 1.29 is 4.79 Å². The van der Waals surface area contributed by atoms with Crippen molar-refractivity contribution in [2.75, 3.05) is 39.0 Å². The van der Waals surface area contributed by atoms with E-state index in [1.54, 1.807) is 0 Å². The normalized spacial score (nSPS) is 21.7. The molecule has 22 heavy (non-hydrogen) atoms. The highest BCUT2D eigenvalue weighted by Crippen LogP contribution is 2.42. The van der Waals surface area contributed by atoms with Gasteiger partial charge in [0, 0.05) is 37.2 Å². The summed E-state index contributed by atoms with van der Waals surface area (Å²) in [6.07, 6.45) is 7.70. The standard InChI is InChI=1S/C16H30N4OS/c1-3-9-18-14(21)12-19-15(17-2)20-10-11-22-16(13-20)7-5-4-6-8-16/h3-13H2,1-2H3,(H,17,19)(H,18,21). The molecule has 0 atom stereocenters. The van der Waals surface area contributed by atoms with E-state index in [9.17, 15) is 4.79 Å². The zero-order chi connectivity index (χ0) is 15.8. The average molecular weight is 327 g/mol. The summed E-state index contributed by atoms with van der Waals surface area (Å²) in [5.74, 6) is 2.07. The fraction of sp³-hybridized carbons (Fsp3) is 0.875. The van der Waals surface area contributed by atoms with Crippen LogP contribution in [0.5, 0.6) is 0 Å². The van der Waals surface area contributed by atoms with Crippen molar-refractivity contribution in [1.29, 1.82) is 0 Å². The molecule has 126 valence electrons. The number of carbonyl (C=O) groups is 1. The van der Waals surface area contributed by atoms with Gasteiger partial charge in [-0.15, -0.1) is 0 Å². The molecule has 5 nitrogen and oxygen atoms in total. The molecule has 0 aromatic carbocycles. The van der Waals surface area contributed by atoms with Crippen LogP contribution in [0.3, 0.4) is 0 Å². The number of thioether (sulfide) groups is 1. The first-order valence-corrected chi connectivity index (χ1v) is 9.54. The van der Waals surface area contributed by atoms with Gasteiger partial charge in [0.15, 0.2) is 5.96 Å². The van der Waals surface area contributed by atoms with E-state index in [2.05, 4.69) is 39.2 Å². The van der Waals surface area contributed by atoms with Crippen molar-refractivity contribution in [3.8, 4) is 0 Å². The van der Waals surface area contributed by atoms with E-state index >= 15 is 0 Å². The summed E-state index contributed by atoms with van der Waals surface area (Å²) in [6.45, 7) is 5.18. The zero-order valence-electron chi connectivity index (χ0n) is 14.0. The summed E-state index contributed by atoms with van der Waals surface area (Å²) >= 11 is 2.15. The Balaban J connectivity index is 1.86. The molecule has 1 amide bonds. The highest BCUT2D eigenvalue weighted by Gasteiger charge is 2.38. The third-order valence-electron chi connectivity index (χ3n) is 4.50. The fourth-order valence-electron chi connectivity index (χ4n) is 3.34. The second-order valence-electron chi connectivity index (χ2n) is 6.26. The molecule has 0 bridgehead atoms. The predicted molar refractivity (Wildman–Crippen MR) is 94.5 cm³/mol. The molecule has 1 spiro atoms. The predicted octanol–water partition coefficient (Wildman–Crippen LogP) is 1.84. The minimum absolute atomic E-state index is 0.0433. The first-order valence-electron chi connectivity index (χ1n) is 8.55. The molecule has 2 rings (SSSR count). The van der Waals surface area contributed by atoms with Crippen LogP contribution in [-0.4, -0.2) is 60.5 Å². The maximum absolute atomic E-state index is 11.7. The maximum Gasteiger partial charge on any atom is 0.239 e. The molecule has 0 radical (unpaired) electrons. The minimum atomic E-state index is 0.0433. The monoisotopic (exact) mass is 326 g/mol. The van der Waals surface area contributed by atoms with Gasteiger partial charge in [-0.3, -0.25) is 9.79 Å². The number of aliphatic imine (C=N–C) groups is 1. The molecule has 2 aliphatic rings. The fourth-order valence-corrected chi connectivity index (χ4v) is 4.91. The summed E-state index contributed by atoms with van der Waals surface area (Å²) in [4.78, 5) is 18.5. The van der Waals surface area contributed by atoms with Crippen LogP contribution in [0, 0.1) is 0 Å². The topological polar surface area (TPSA) is 56.7 Å². The minimum Gasteiger partial charge on any atom is -0.355 e. The highest BCUT2D eigenvalue weighted by molar-refractivity contribution is 8.00. The molecule has 0 unspecified atom stereocenters. The molecular formula is C16H30N4OS. The van der Waals surface area contributed by atoms with Gasteiger partial charge in [-0.05, 0) is 19.3 Å². The van der Waals surface area contributed by atoms with Crippen molar-refractivity contribution in [2.45, 2.75) is 50.2 Å². The van der Waals surface area contributed by atoms with Gasteiger partial charge >= 0.3 is 0 Å². The molecule has 2 fully saturated rings. The van der Waals surface area contributed by atoms with Crippen LogP contribution in [0.25, 0.3) is 0 Å². The van der Waals surface area contributed by atoms with Gasteiger partial charge in [-0.1, -0.05) is 26.2 Å². The lowest BCUT2D eigenvalue weighted by Crippen LogP contribution is -2.54.